The van der Waals surface area contributed by atoms with Crippen molar-refractivity contribution < 1.29 is 74.1 Å². The van der Waals surface area contributed by atoms with E-state index in [1.165, 1.54) is 49.4 Å². The number of esters is 1. The van der Waals surface area contributed by atoms with Crippen molar-refractivity contribution in [2.75, 3.05) is 13.2 Å². The SMILES string of the molecule is CC1OC(OCC2OC3OCC(c4ccc(O)c(O)c4)OC3C(OC(=O)C=Cc3ccc(O)c(O)c3)C2O)C(O)C(O)C1O. The molecule has 240 valence electrons. The first kappa shape index (κ1) is 31.9. The Hall–Kier alpha value is -3.51. The summed E-state index contributed by atoms with van der Waals surface area (Å²) in [4.78, 5) is 12.9. The van der Waals surface area contributed by atoms with Crippen LogP contribution in [0.5, 0.6) is 23.0 Å². The van der Waals surface area contributed by atoms with E-state index in [0.717, 1.165) is 6.08 Å². The van der Waals surface area contributed by atoms with Gasteiger partial charge in [0.2, 0.25) is 0 Å². The number of ether oxygens (including phenoxy) is 6. The molecule has 15 heteroatoms. The number of carbonyl (C=O) groups excluding carboxylic acids is 1. The van der Waals surface area contributed by atoms with Crippen LogP contribution >= 0.6 is 0 Å². The van der Waals surface area contributed by atoms with Gasteiger partial charge in [0.1, 0.15) is 42.7 Å². The van der Waals surface area contributed by atoms with Gasteiger partial charge in [-0.15, -0.1) is 0 Å². The number of aliphatic hydroxyl groups excluding tert-OH is 4. The van der Waals surface area contributed by atoms with Crippen molar-refractivity contribution in [3.05, 3.63) is 53.6 Å². The standard InChI is InChI=1S/C29H34O15/c1-12-22(35)24(37)25(38)28(41-12)39-11-20-23(36)26(44-21(34)7-3-13-2-5-15(30)17(32)8-13)27-29(43-20)40-10-19(42-27)14-4-6-16(31)18(33)9-14/h2-9,12,19-20,22-33,35-38H,10-11H2,1H3. The average Bonchev–Trinajstić information content (AvgIpc) is 3.00. The van der Waals surface area contributed by atoms with Crippen molar-refractivity contribution in [3.63, 3.8) is 0 Å². The fourth-order valence-electron chi connectivity index (χ4n) is 5.09. The van der Waals surface area contributed by atoms with Gasteiger partial charge in [-0.05, 0) is 48.4 Å². The van der Waals surface area contributed by atoms with Crippen LogP contribution in [0.3, 0.4) is 0 Å². The Kier molecular flexibility index (Phi) is 9.59. The smallest absolute Gasteiger partial charge is 0.331 e. The number of hydrogen-bond donors (Lipinski definition) is 8. The topological polar surface area (TPSA) is 234 Å². The van der Waals surface area contributed by atoms with E-state index in [1.807, 2.05) is 0 Å². The molecule has 5 rings (SSSR count). The quantitative estimate of drug-likeness (QED) is 0.111. The van der Waals surface area contributed by atoms with Gasteiger partial charge in [-0.3, -0.25) is 0 Å². The van der Waals surface area contributed by atoms with Crippen molar-refractivity contribution in [3.8, 4) is 23.0 Å². The number of aromatic hydroxyl groups is 4. The van der Waals surface area contributed by atoms with Crippen LogP contribution in [0, 0.1) is 0 Å². The van der Waals surface area contributed by atoms with Gasteiger partial charge in [-0.25, -0.2) is 4.79 Å². The molecule has 0 spiro atoms. The first-order valence-electron chi connectivity index (χ1n) is 13.8. The average molecular weight is 623 g/mol. The summed E-state index contributed by atoms with van der Waals surface area (Å²) in [5.41, 5.74) is 0.792. The van der Waals surface area contributed by atoms with Crippen LogP contribution in [0.25, 0.3) is 6.08 Å². The van der Waals surface area contributed by atoms with E-state index in [-0.39, 0.29) is 18.1 Å². The van der Waals surface area contributed by atoms with Crippen molar-refractivity contribution in [1.82, 2.24) is 0 Å². The Morgan fingerprint density at radius 3 is 2.27 bits per heavy atom. The molecule has 3 aliphatic rings. The second kappa shape index (κ2) is 13.2. The van der Waals surface area contributed by atoms with E-state index in [2.05, 4.69) is 0 Å². The zero-order valence-corrected chi connectivity index (χ0v) is 23.3. The normalized spacial score (nSPS) is 35.7. The maximum Gasteiger partial charge on any atom is 0.331 e. The Balaban J connectivity index is 1.33. The number of phenols is 4. The molecule has 0 saturated carbocycles. The van der Waals surface area contributed by atoms with E-state index in [1.54, 1.807) is 0 Å². The molecule has 3 aliphatic heterocycles. The third-order valence-electron chi connectivity index (χ3n) is 7.62. The molecule has 0 amide bonds. The fraction of sp³-hybridized carbons (Fsp3) is 0.483. The van der Waals surface area contributed by atoms with Gasteiger partial charge in [-0.2, -0.15) is 0 Å². The van der Waals surface area contributed by atoms with E-state index in [0.29, 0.717) is 11.1 Å². The maximum atomic E-state index is 12.9. The van der Waals surface area contributed by atoms with Crippen molar-refractivity contribution >= 4 is 12.0 Å². The lowest BCUT2D eigenvalue weighted by molar-refractivity contribution is -0.360. The molecule has 0 radical (unpaired) electrons. The number of fused-ring (bicyclic) bond motifs is 1. The van der Waals surface area contributed by atoms with E-state index >= 15 is 0 Å². The minimum atomic E-state index is -1.61. The summed E-state index contributed by atoms with van der Waals surface area (Å²) in [6.07, 6.45) is -11.8. The van der Waals surface area contributed by atoms with Gasteiger partial charge in [0.05, 0.1) is 19.3 Å². The van der Waals surface area contributed by atoms with Crippen LogP contribution in [-0.4, -0.2) is 121 Å². The molecule has 11 unspecified atom stereocenters. The molecular formula is C29H34O15. The van der Waals surface area contributed by atoms with Crippen LogP contribution in [-0.2, 0) is 33.2 Å². The summed E-state index contributed by atoms with van der Waals surface area (Å²) in [7, 11) is 0. The van der Waals surface area contributed by atoms with Crippen molar-refractivity contribution in [2.45, 2.75) is 74.4 Å². The molecule has 3 saturated heterocycles. The number of rotatable bonds is 7. The molecule has 15 nitrogen and oxygen atoms in total. The van der Waals surface area contributed by atoms with E-state index < -0.39 is 91.6 Å². The molecule has 0 aliphatic carbocycles. The molecule has 0 aromatic heterocycles. The van der Waals surface area contributed by atoms with Crippen LogP contribution < -0.4 is 0 Å². The predicted molar refractivity (Wildman–Crippen MR) is 145 cm³/mol. The van der Waals surface area contributed by atoms with E-state index in [4.69, 9.17) is 28.4 Å². The van der Waals surface area contributed by atoms with Gasteiger partial charge in [-0.1, -0.05) is 12.1 Å². The highest BCUT2D eigenvalue weighted by molar-refractivity contribution is 5.87. The number of carbonyl (C=O) groups is 1. The number of aliphatic hydroxyl groups is 4. The summed E-state index contributed by atoms with van der Waals surface area (Å²) in [5.74, 6) is -2.38. The van der Waals surface area contributed by atoms with Gasteiger partial charge < -0.3 is 69.3 Å². The molecular weight excluding hydrogens is 588 g/mol. The molecule has 2 aromatic rings. The van der Waals surface area contributed by atoms with Crippen LogP contribution in [0.1, 0.15) is 24.2 Å². The van der Waals surface area contributed by atoms with E-state index in [9.17, 15) is 45.6 Å². The lowest BCUT2D eigenvalue weighted by atomic mass is 9.96. The number of phenolic OH excluding ortho intramolecular Hbond substituents is 4. The molecule has 3 fully saturated rings. The molecule has 2 aromatic carbocycles. The summed E-state index contributed by atoms with van der Waals surface area (Å²) in [6.45, 7) is 0.982. The van der Waals surface area contributed by atoms with Gasteiger partial charge in [0.25, 0.3) is 0 Å². The third-order valence-corrected chi connectivity index (χ3v) is 7.62. The summed E-state index contributed by atoms with van der Waals surface area (Å²) in [5, 5.41) is 80.4. The second-order valence-corrected chi connectivity index (χ2v) is 10.7. The Morgan fingerprint density at radius 1 is 0.864 bits per heavy atom. The summed E-state index contributed by atoms with van der Waals surface area (Å²) >= 11 is 0. The summed E-state index contributed by atoms with van der Waals surface area (Å²) in [6, 6.07) is 7.94. The lowest BCUT2D eigenvalue weighted by Crippen LogP contribution is -2.64. The zero-order valence-electron chi connectivity index (χ0n) is 23.3. The maximum absolute atomic E-state index is 12.9. The third kappa shape index (κ3) is 6.76. The molecule has 11 atom stereocenters. The second-order valence-electron chi connectivity index (χ2n) is 10.7. The highest BCUT2D eigenvalue weighted by atomic mass is 16.8. The predicted octanol–water partition coefficient (Wildman–Crippen LogP) is -0.479. The van der Waals surface area contributed by atoms with Crippen molar-refractivity contribution in [2.24, 2.45) is 0 Å². The highest BCUT2D eigenvalue weighted by Crippen LogP contribution is 2.38. The first-order valence-corrected chi connectivity index (χ1v) is 13.8. The Labute approximate surface area is 250 Å². The largest absolute Gasteiger partial charge is 0.504 e. The van der Waals surface area contributed by atoms with Crippen LogP contribution in [0.15, 0.2) is 42.5 Å². The number of hydrogen-bond acceptors (Lipinski definition) is 15. The van der Waals surface area contributed by atoms with Gasteiger partial charge >= 0.3 is 5.97 Å². The molecule has 3 heterocycles. The lowest BCUT2D eigenvalue weighted by Gasteiger charge is -2.47. The Bertz CT molecular complexity index is 1350. The first-order chi connectivity index (χ1) is 20.9. The number of benzene rings is 2. The van der Waals surface area contributed by atoms with Gasteiger partial charge in [0.15, 0.2) is 41.7 Å². The molecule has 8 N–H and O–H groups in total. The van der Waals surface area contributed by atoms with Crippen molar-refractivity contribution in [1.29, 1.82) is 0 Å². The van der Waals surface area contributed by atoms with Gasteiger partial charge in [0, 0.05) is 6.08 Å². The molecule has 0 bridgehead atoms. The zero-order chi connectivity index (χ0) is 31.7. The minimum absolute atomic E-state index is 0.0774. The molecule has 44 heavy (non-hydrogen) atoms. The highest BCUT2D eigenvalue weighted by Gasteiger charge is 2.52. The monoisotopic (exact) mass is 622 g/mol. The van der Waals surface area contributed by atoms with Crippen LogP contribution in [0.4, 0.5) is 0 Å². The minimum Gasteiger partial charge on any atom is -0.504 e. The fourth-order valence-corrected chi connectivity index (χ4v) is 5.09. The summed E-state index contributed by atoms with van der Waals surface area (Å²) < 4.78 is 34.5. The Morgan fingerprint density at radius 2 is 1.57 bits per heavy atom. The van der Waals surface area contributed by atoms with Crippen LogP contribution in [0.2, 0.25) is 0 Å².